The van der Waals surface area contributed by atoms with Gasteiger partial charge in [0.2, 0.25) is 11.8 Å². The zero-order valence-electron chi connectivity index (χ0n) is 29.4. The van der Waals surface area contributed by atoms with Gasteiger partial charge in [-0.1, -0.05) is 18.1 Å². The van der Waals surface area contributed by atoms with Crippen LogP contribution in [0.2, 0.25) is 0 Å². The summed E-state index contributed by atoms with van der Waals surface area (Å²) in [6.07, 6.45) is 11.5. The largest absolute Gasteiger partial charge is 0.508 e. The van der Waals surface area contributed by atoms with Crippen molar-refractivity contribution >= 4 is 39.5 Å². The van der Waals surface area contributed by atoms with Crippen LogP contribution in [0.4, 0.5) is 19.0 Å². The van der Waals surface area contributed by atoms with E-state index in [1.54, 1.807) is 29.3 Å². The minimum Gasteiger partial charge on any atom is -0.508 e. The third-order valence-corrected chi connectivity index (χ3v) is 10.6. The second kappa shape index (κ2) is 14.1. The van der Waals surface area contributed by atoms with E-state index in [0.29, 0.717) is 50.2 Å². The molecule has 3 aliphatic rings. The Morgan fingerprint density at radius 2 is 1.93 bits per heavy atom. The number of piperazine rings is 1. The summed E-state index contributed by atoms with van der Waals surface area (Å²) in [7, 11) is 1.37. The molecule has 11 nitrogen and oxygen atoms in total. The number of hydrogen-bond donors (Lipinski definition) is 1. The number of pyridine rings is 2. The normalized spacial score (nSPS) is 20.2. The molecule has 3 aliphatic heterocycles. The van der Waals surface area contributed by atoms with Crippen LogP contribution in [0.3, 0.4) is 0 Å². The minimum absolute atomic E-state index is 0.0316. The summed E-state index contributed by atoms with van der Waals surface area (Å²) in [6, 6.07) is 10.6. The predicted octanol–water partition coefficient (Wildman–Crippen LogP) is 5.53. The van der Waals surface area contributed by atoms with Crippen LogP contribution in [0.1, 0.15) is 30.5 Å². The van der Waals surface area contributed by atoms with Gasteiger partial charge in [-0.3, -0.25) is 14.7 Å². The quantitative estimate of drug-likeness (QED) is 0.161. The summed E-state index contributed by atoms with van der Waals surface area (Å²) >= 11 is 0. The second-order valence-corrected chi connectivity index (χ2v) is 13.8. The fourth-order valence-corrected chi connectivity index (χ4v) is 8.00. The number of alkyl halides is 1. The Morgan fingerprint density at radius 3 is 2.69 bits per heavy atom. The van der Waals surface area contributed by atoms with Crippen molar-refractivity contribution in [2.45, 2.75) is 31.0 Å². The number of nitrogens with zero attached hydrogens (tertiary/aromatic N) is 7. The number of amides is 1. The van der Waals surface area contributed by atoms with Crippen LogP contribution in [0.15, 0.2) is 54.7 Å². The third kappa shape index (κ3) is 6.28. The molecule has 276 valence electrons. The summed E-state index contributed by atoms with van der Waals surface area (Å²) < 4.78 is 58.8. The Kier molecular flexibility index (Phi) is 9.19. The fraction of sp³-hybridized carbons (Fsp3) is 0.325. The summed E-state index contributed by atoms with van der Waals surface area (Å²) in [5.74, 6) is 0.582. The Labute approximate surface area is 309 Å². The topological polar surface area (TPSA) is 117 Å². The van der Waals surface area contributed by atoms with E-state index in [-0.39, 0.29) is 69.1 Å². The van der Waals surface area contributed by atoms with Crippen molar-refractivity contribution < 1.29 is 32.5 Å². The number of halogens is 3. The third-order valence-electron chi connectivity index (χ3n) is 10.6. The first-order chi connectivity index (χ1) is 26.2. The first kappa shape index (κ1) is 35.1. The molecule has 3 saturated heterocycles. The van der Waals surface area contributed by atoms with Gasteiger partial charge in [0.05, 0.1) is 23.9 Å². The van der Waals surface area contributed by atoms with Crippen LogP contribution in [-0.4, -0.2) is 105 Å². The molecule has 1 amide bonds. The molecule has 0 unspecified atom stereocenters. The molecule has 54 heavy (non-hydrogen) atoms. The van der Waals surface area contributed by atoms with E-state index >= 15 is 8.78 Å². The second-order valence-electron chi connectivity index (χ2n) is 13.8. The smallest absolute Gasteiger partial charge is 0.319 e. The summed E-state index contributed by atoms with van der Waals surface area (Å²) in [4.78, 5) is 36.9. The highest BCUT2D eigenvalue weighted by atomic mass is 19.1. The molecule has 0 aliphatic carbocycles. The molecule has 0 bridgehead atoms. The lowest BCUT2D eigenvalue weighted by molar-refractivity contribution is -0.126. The number of hydrogen-bond acceptors (Lipinski definition) is 10. The number of carbonyl (C=O) groups is 1. The Bertz CT molecular complexity index is 2350. The molecule has 1 N–H and O–H groups in total. The number of terminal acetylenes is 1. The standard InChI is InChI=1S/C40H36F3N7O4/c1-3-28-30(42)10-8-24-19-27(51)20-29(32(24)28)35-34(43)36-33(38(45-35)53-2)37(47-39(46-36)54-23-40-12-6-14-50(40)22-25(41)21-40)49-17-15-48(16-18-49)31(52)11-9-26-7-4-5-13-44-26/h1,4-5,7-11,13,19-20,25,51H,6,12,14-18,21-23H2,2H3/b11-9+/t25-,40+/m1/s1. The van der Waals surface area contributed by atoms with Gasteiger partial charge in [-0.05, 0) is 61.2 Å². The van der Waals surface area contributed by atoms with Crippen molar-refractivity contribution in [2.75, 3.05) is 57.9 Å². The first-order valence-electron chi connectivity index (χ1n) is 17.7. The summed E-state index contributed by atoms with van der Waals surface area (Å²) in [5, 5.41) is 11.4. The van der Waals surface area contributed by atoms with Crippen molar-refractivity contribution in [1.82, 2.24) is 29.7 Å². The van der Waals surface area contributed by atoms with Gasteiger partial charge in [0, 0.05) is 62.4 Å². The van der Waals surface area contributed by atoms with E-state index in [0.717, 1.165) is 19.4 Å². The number of anilines is 1. The molecule has 0 radical (unpaired) electrons. The maximum absolute atomic E-state index is 17.2. The van der Waals surface area contributed by atoms with E-state index in [1.165, 1.54) is 37.5 Å². The lowest BCUT2D eigenvalue weighted by Gasteiger charge is -2.35. The molecule has 14 heteroatoms. The predicted molar refractivity (Wildman–Crippen MR) is 197 cm³/mol. The number of methoxy groups -OCH3 is 1. The number of phenols is 1. The van der Waals surface area contributed by atoms with E-state index in [4.69, 9.17) is 20.9 Å². The number of benzene rings is 2. The molecule has 6 heterocycles. The molecule has 0 spiro atoms. The molecule has 3 aromatic heterocycles. The molecule has 2 aromatic carbocycles. The van der Waals surface area contributed by atoms with Crippen molar-refractivity contribution in [3.8, 4) is 41.2 Å². The SMILES string of the molecule is C#Cc1c(F)ccc2cc(O)cc(-c3nc(OC)c4c(N5CCN(C(=O)/C=C/c6ccccn6)CC5)nc(OC[C@@]56CCCN5C[C@H](F)C6)nc4c3F)c12. The highest BCUT2D eigenvalue weighted by Crippen LogP contribution is 2.43. The number of fused-ring (bicyclic) bond motifs is 3. The van der Waals surface area contributed by atoms with Crippen molar-refractivity contribution in [1.29, 1.82) is 0 Å². The Hall–Kier alpha value is -5.94. The average molecular weight is 736 g/mol. The van der Waals surface area contributed by atoms with Crippen LogP contribution in [0.5, 0.6) is 17.6 Å². The monoisotopic (exact) mass is 735 g/mol. The van der Waals surface area contributed by atoms with Crippen LogP contribution in [-0.2, 0) is 4.79 Å². The number of phenolic OH excluding ortho intramolecular Hbond substituents is 1. The van der Waals surface area contributed by atoms with Gasteiger partial charge in [0.25, 0.3) is 0 Å². The Morgan fingerprint density at radius 1 is 1.09 bits per heavy atom. The molecule has 5 aromatic rings. The number of rotatable bonds is 8. The number of aromatic hydroxyl groups is 1. The maximum Gasteiger partial charge on any atom is 0.319 e. The van der Waals surface area contributed by atoms with Gasteiger partial charge in [-0.2, -0.15) is 9.97 Å². The van der Waals surface area contributed by atoms with Crippen molar-refractivity contribution in [3.63, 3.8) is 0 Å². The number of ether oxygens (including phenoxy) is 2. The molecule has 2 atom stereocenters. The Balaban J connectivity index is 1.21. The lowest BCUT2D eigenvalue weighted by atomic mass is 9.95. The zero-order valence-corrected chi connectivity index (χ0v) is 29.4. The maximum atomic E-state index is 17.2. The fourth-order valence-electron chi connectivity index (χ4n) is 8.00. The first-order valence-corrected chi connectivity index (χ1v) is 17.7. The highest BCUT2D eigenvalue weighted by Gasteiger charge is 2.49. The van der Waals surface area contributed by atoms with Gasteiger partial charge in [-0.15, -0.1) is 6.42 Å². The van der Waals surface area contributed by atoms with Crippen LogP contribution < -0.4 is 14.4 Å². The molecule has 3 fully saturated rings. The van der Waals surface area contributed by atoms with Gasteiger partial charge in [0.15, 0.2) is 5.82 Å². The average Bonchev–Trinajstić information content (AvgIpc) is 3.72. The van der Waals surface area contributed by atoms with E-state index < -0.39 is 23.3 Å². The van der Waals surface area contributed by atoms with Crippen molar-refractivity contribution in [3.05, 3.63) is 77.6 Å². The molecule has 0 saturated carbocycles. The van der Waals surface area contributed by atoms with E-state index in [9.17, 15) is 14.3 Å². The molecular formula is C40H36F3N7O4. The van der Waals surface area contributed by atoms with Gasteiger partial charge in [-0.25, -0.2) is 18.2 Å². The number of aromatic nitrogens is 4. The molecule has 8 rings (SSSR count). The summed E-state index contributed by atoms with van der Waals surface area (Å²) in [5.41, 5.74) is -0.443. The van der Waals surface area contributed by atoms with Crippen LogP contribution in [0.25, 0.3) is 39.0 Å². The van der Waals surface area contributed by atoms with Gasteiger partial charge in [0.1, 0.15) is 46.8 Å². The number of carbonyl (C=O) groups excluding carboxylic acids is 1. The van der Waals surface area contributed by atoms with Gasteiger partial charge >= 0.3 is 6.01 Å². The van der Waals surface area contributed by atoms with E-state index in [2.05, 4.69) is 25.8 Å². The molecular weight excluding hydrogens is 699 g/mol. The van der Waals surface area contributed by atoms with E-state index in [1.807, 2.05) is 11.0 Å². The lowest BCUT2D eigenvalue weighted by Crippen LogP contribution is -2.48. The minimum atomic E-state index is -0.982. The zero-order chi connectivity index (χ0) is 37.6. The van der Waals surface area contributed by atoms with Crippen molar-refractivity contribution in [2.24, 2.45) is 0 Å². The van der Waals surface area contributed by atoms with Crippen LogP contribution in [0, 0.1) is 24.0 Å². The van der Waals surface area contributed by atoms with Gasteiger partial charge < -0.3 is 24.4 Å². The van der Waals surface area contributed by atoms with Crippen LogP contribution >= 0.6 is 0 Å². The highest BCUT2D eigenvalue weighted by molar-refractivity contribution is 6.04. The summed E-state index contributed by atoms with van der Waals surface area (Å²) in [6.45, 7) is 2.49.